The van der Waals surface area contributed by atoms with E-state index < -0.39 is 12.0 Å². The van der Waals surface area contributed by atoms with E-state index in [0.29, 0.717) is 6.41 Å². The van der Waals surface area contributed by atoms with Crippen LogP contribution in [0, 0.1) is 5.41 Å². The Balaban J connectivity index is 4.43. The molecule has 0 saturated heterocycles. The van der Waals surface area contributed by atoms with Gasteiger partial charge in [-0.2, -0.15) is 0 Å². The third kappa shape index (κ3) is 2.90. The molecule has 0 aromatic rings. The number of hydrogen-bond donors (Lipinski definition) is 1. The van der Waals surface area contributed by atoms with Crippen molar-refractivity contribution in [2.24, 2.45) is 5.41 Å². The fraction of sp³-hybridized carbons (Fsp3) is 0.750. The van der Waals surface area contributed by atoms with E-state index in [2.05, 4.69) is 10.1 Å². The minimum Gasteiger partial charge on any atom is -0.467 e. The summed E-state index contributed by atoms with van der Waals surface area (Å²) < 4.78 is 4.53. The van der Waals surface area contributed by atoms with E-state index in [1.807, 2.05) is 20.8 Å². The SMILES string of the molecule is COC(=O)[C@@H](NC=O)C(C)(C)C. The van der Waals surface area contributed by atoms with Crippen LogP contribution in [0.5, 0.6) is 0 Å². The number of esters is 1. The van der Waals surface area contributed by atoms with Crippen molar-refractivity contribution in [1.29, 1.82) is 0 Å². The van der Waals surface area contributed by atoms with E-state index >= 15 is 0 Å². The summed E-state index contributed by atoms with van der Waals surface area (Å²) in [6.45, 7) is 5.56. The van der Waals surface area contributed by atoms with E-state index in [9.17, 15) is 9.59 Å². The molecular weight excluding hydrogens is 158 g/mol. The van der Waals surface area contributed by atoms with Gasteiger partial charge >= 0.3 is 5.97 Å². The number of nitrogens with one attached hydrogen (secondary N) is 1. The molecule has 0 bridgehead atoms. The van der Waals surface area contributed by atoms with E-state index in [4.69, 9.17) is 0 Å². The van der Waals surface area contributed by atoms with Gasteiger partial charge in [0.25, 0.3) is 0 Å². The Morgan fingerprint density at radius 2 is 2.00 bits per heavy atom. The molecule has 0 spiro atoms. The third-order valence-corrected chi connectivity index (χ3v) is 1.54. The van der Waals surface area contributed by atoms with E-state index in [0.717, 1.165) is 0 Å². The lowest BCUT2D eigenvalue weighted by atomic mass is 9.87. The molecule has 4 heteroatoms. The smallest absolute Gasteiger partial charge is 0.328 e. The molecule has 0 rings (SSSR count). The molecular formula is C8H15NO3. The zero-order valence-corrected chi connectivity index (χ0v) is 7.88. The van der Waals surface area contributed by atoms with Crippen molar-refractivity contribution in [3.8, 4) is 0 Å². The molecule has 0 unspecified atom stereocenters. The van der Waals surface area contributed by atoms with E-state index in [-0.39, 0.29) is 5.41 Å². The first kappa shape index (κ1) is 10.9. The molecule has 0 fully saturated rings. The van der Waals surface area contributed by atoms with Crippen LogP contribution >= 0.6 is 0 Å². The Bertz CT molecular complexity index is 172. The van der Waals surface area contributed by atoms with Gasteiger partial charge < -0.3 is 10.1 Å². The van der Waals surface area contributed by atoms with Gasteiger partial charge in [-0.15, -0.1) is 0 Å². The maximum absolute atomic E-state index is 11.1. The van der Waals surface area contributed by atoms with Crippen LogP contribution in [-0.4, -0.2) is 25.5 Å². The van der Waals surface area contributed by atoms with Gasteiger partial charge in [0, 0.05) is 0 Å². The zero-order valence-electron chi connectivity index (χ0n) is 7.88. The molecule has 0 aromatic carbocycles. The van der Waals surface area contributed by atoms with Gasteiger partial charge in [-0.1, -0.05) is 20.8 Å². The first-order valence-electron chi connectivity index (χ1n) is 3.71. The molecule has 0 aliphatic heterocycles. The first-order valence-corrected chi connectivity index (χ1v) is 3.71. The van der Waals surface area contributed by atoms with Crippen molar-refractivity contribution < 1.29 is 14.3 Å². The second-order valence-corrected chi connectivity index (χ2v) is 3.61. The van der Waals surface area contributed by atoms with Crippen molar-refractivity contribution in [2.75, 3.05) is 7.11 Å². The molecule has 0 aliphatic rings. The molecule has 1 atom stereocenters. The van der Waals surface area contributed by atoms with Crippen LogP contribution < -0.4 is 5.32 Å². The number of hydrogen-bond acceptors (Lipinski definition) is 3. The Morgan fingerprint density at radius 3 is 2.25 bits per heavy atom. The van der Waals surface area contributed by atoms with Crippen LogP contribution in [0.3, 0.4) is 0 Å². The highest BCUT2D eigenvalue weighted by Crippen LogP contribution is 2.19. The first-order chi connectivity index (χ1) is 5.43. The van der Waals surface area contributed by atoms with E-state index in [1.165, 1.54) is 7.11 Å². The topological polar surface area (TPSA) is 55.4 Å². The number of amides is 1. The molecule has 4 nitrogen and oxygen atoms in total. The Morgan fingerprint density at radius 1 is 1.50 bits per heavy atom. The maximum atomic E-state index is 11.1. The average Bonchev–Trinajstić information content (AvgIpc) is 1.96. The summed E-state index contributed by atoms with van der Waals surface area (Å²) in [5, 5.41) is 2.42. The predicted molar refractivity (Wildman–Crippen MR) is 44.5 cm³/mol. The lowest BCUT2D eigenvalue weighted by Crippen LogP contribution is -2.46. The van der Waals surface area contributed by atoms with Crippen molar-refractivity contribution in [3.63, 3.8) is 0 Å². The van der Waals surface area contributed by atoms with Crippen LogP contribution in [0.15, 0.2) is 0 Å². The molecule has 1 amide bonds. The summed E-state index contributed by atoms with van der Waals surface area (Å²) >= 11 is 0. The predicted octanol–water partition coefficient (Wildman–Crippen LogP) is 0.320. The van der Waals surface area contributed by atoms with Gasteiger partial charge in [0.2, 0.25) is 6.41 Å². The summed E-state index contributed by atoms with van der Waals surface area (Å²) in [4.78, 5) is 21.3. The summed E-state index contributed by atoms with van der Waals surface area (Å²) in [6.07, 6.45) is 0.507. The highest BCUT2D eigenvalue weighted by Gasteiger charge is 2.31. The maximum Gasteiger partial charge on any atom is 0.328 e. The van der Waals surface area contributed by atoms with Crippen LogP contribution in [0.2, 0.25) is 0 Å². The van der Waals surface area contributed by atoms with Gasteiger partial charge in [0.1, 0.15) is 6.04 Å². The standard InChI is InChI=1S/C8H15NO3/c1-8(2,3)6(9-5-10)7(11)12-4/h5-6H,1-4H3,(H,9,10)/t6-/m1/s1. The van der Waals surface area contributed by atoms with Crippen LogP contribution in [-0.2, 0) is 14.3 Å². The molecule has 70 valence electrons. The molecule has 0 heterocycles. The van der Waals surface area contributed by atoms with Gasteiger partial charge in [-0.05, 0) is 5.41 Å². The second kappa shape index (κ2) is 4.09. The number of ether oxygens (including phenoxy) is 1. The van der Waals surface area contributed by atoms with Gasteiger partial charge in [-0.25, -0.2) is 4.79 Å². The van der Waals surface area contributed by atoms with Crippen LogP contribution in [0.25, 0.3) is 0 Å². The summed E-state index contributed by atoms with van der Waals surface area (Å²) in [5.41, 5.74) is -0.325. The molecule has 0 saturated carbocycles. The van der Waals surface area contributed by atoms with Gasteiger partial charge in [-0.3, -0.25) is 4.79 Å². The van der Waals surface area contributed by atoms with Crippen LogP contribution in [0.1, 0.15) is 20.8 Å². The molecule has 0 aromatic heterocycles. The molecule has 0 aliphatic carbocycles. The van der Waals surface area contributed by atoms with Crippen molar-refractivity contribution in [3.05, 3.63) is 0 Å². The monoisotopic (exact) mass is 173 g/mol. The largest absolute Gasteiger partial charge is 0.467 e. The number of rotatable bonds is 3. The number of carbonyl (C=O) groups is 2. The molecule has 1 N–H and O–H groups in total. The molecule has 12 heavy (non-hydrogen) atoms. The van der Waals surface area contributed by atoms with Gasteiger partial charge in [0.15, 0.2) is 0 Å². The normalized spacial score (nSPS) is 13.3. The average molecular weight is 173 g/mol. The summed E-state index contributed by atoms with van der Waals surface area (Å²) in [6, 6.07) is -0.583. The highest BCUT2D eigenvalue weighted by molar-refractivity contribution is 5.78. The Labute approximate surface area is 72.3 Å². The van der Waals surface area contributed by atoms with Gasteiger partial charge in [0.05, 0.1) is 7.11 Å². The number of methoxy groups -OCH3 is 1. The minimum atomic E-state index is -0.583. The van der Waals surface area contributed by atoms with Crippen LogP contribution in [0.4, 0.5) is 0 Å². The summed E-state index contributed by atoms with van der Waals surface area (Å²) in [7, 11) is 1.30. The lowest BCUT2D eigenvalue weighted by molar-refractivity contribution is -0.147. The minimum absolute atomic E-state index is 0.325. The lowest BCUT2D eigenvalue weighted by Gasteiger charge is -2.27. The third-order valence-electron chi connectivity index (χ3n) is 1.54. The Kier molecular flexibility index (Phi) is 3.73. The quantitative estimate of drug-likeness (QED) is 0.494. The Hall–Kier alpha value is -1.06. The molecule has 0 radical (unpaired) electrons. The fourth-order valence-electron chi connectivity index (χ4n) is 0.857. The fourth-order valence-corrected chi connectivity index (χ4v) is 0.857. The zero-order chi connectivity index (χ0) is 9.78. The van der Waals surface area contributed by atoms with Crippen molar-refractivity contribution in [2.45, 2.75) is 26.8 Å². The second-order valence-electron chi connectivity index (χ2n) is 3.61. The number of carbonyl (C=O) groups excluding carboxylic acids is 2. The van der Waals surface area contributed by atoms with E-state index in [1.54, 1.807) is 0 Å². The summed E-state index contributed by atoms with van der Waals surface area (Å²) in [5.74, 6) is -0.422. The van der Waals surface area contributed by atoms with Crippen molar-refractivity contribution in [1.82, 2.24) is 5.32 Å². The van der Waals surface area contributed by atoms with Crippen molar-refractivity contribution >= 4 is 12.4 Å². The highest BCUT2D eigenvalue weighted by atomic mass is 16.5.